The highest BCUT2D eigenvalue weighted by Crippen LogP contribution is 1.99. The number of aliphatic hydroxyl groups is 1. The Balaban J connectivity index is 2.22. The molecule has 0 aliphatic carbocycles. The molecule has 1 N–H and O–H groups in total. The predicted molar refractivity (Wildman–Crippen MR) is 46.9 cm³/mol. The van der Waals surface area contributed by atoms with Crippen LogP contribution in [0.5, 0.6) is 0 Å². The van der Waals surface area contributed by atoms with E-state index in [1.165, 1.54) is 6.33 Å². The minimum atomic E-state index is -0.259. The van der Waals surface area contributed by atoms with E-state index in [9.17, 15) is 0 Å². The highest BCUT2D eigenvalue weighted by atomic mass is 16.5. The van der Waals surface area contributed by atoms with Crippen LogP contribution >= 0.6 is 0 Å². The van der Waals surface area contributed by atoms with Crippen molar-refractivity contribution in [2.24, 2.45) is 0 Å². The van der Waals surface area contributed by atoms with E-state index in [0.717, 1.165) is 13.0 Å². The lowest BCUT2D eigenvalue weighted by atomic mass is 10.3. The number of aromatic nitrogens is 2. The normalized spacial score (nSPS) is 13.5. The van der Waals surface area contributed by atoms with Gasteiger partial charge >= 0.3 is 0 Å². The summed E-state index contributed by atoms with van der Waals surface area (Å²) in [6.45, 7) is 3.23. The SMILES string of the molecule is CC(O)CCN(C)Cc1ncno1. The van der Waals surface area contributed by atoms with Crippen molar-refractivity contribution < 1.29 is 9.63 Å². The molecular formula is C8H15N3O2. The molecule has 1 aromatic rings. The van der Waals surface area contributed by atoms with Crippen LogP contribution < -0.4 is 0 Å². The van der Waals surface area contributed by atoms with E-state index in [1.54, 1.807) is 6.92 Å². The number of aliphatic hydroxyl groups excluding tert-OH is 1. The first-order valence-electron chi connectivity index (χ1n) is 4.30. The van der Waals surface area contributed by atoms with Gasteiger partial charge in [-0.15, -0.1) is 0 Å². The quantitative estimate of drug-likeness (QED) is 0.713. The van der Waals surface area contributed by atoms with Crippen LogP contribution in [0.15, 0.2) is 10.9 Å². The van der Waals surface area contributed by atoms with Gasteiger partial charge in [0.05, 0.1) is 12.6 Å². The average Bonchev–Trinajstić information content (AvgIpc) is 2.53. The molecule has 1 atom stereocenters. The Morgan fingerprint density at radius 3 is 3.00 bits per heavy atom. The monoisotopic (exact) mass is 185 g/mol. The summed E-state index contributed by atoms with van der Waals surface area (Å²) in [6.07, 6.45) is 1.88. The smallest absolute Gasteiger partial charge is 0.240 e. The highest BCUT2D eigenvalue weighted by molar-refractivity contribution is 4.73. The molecule has 0 aliphatic heterocycles. The van der Waals surface area contributed by atoms with Gasteiger partial charge < -0.3 is 9.63 Å². The first-order chi connectivity index (χ1) is 6.18. The summed E-state index contributed by atoms with van der Waals surface area (Å²) in [5.41, 5.74) is 0. The summed E-state index contributed by atoms with van der Waals surface area (Å²) in [7, 11) is 1.95. The molecule has 0 saturated carbocycles. The van der Waals surface area contributed by atoms with Crippen molar-refractivity contribution in [1.29, 1.82) is 0 Å². The maximum absolute atomic E-state index is 9.05. The molecule has 5 heteroatoms. The van der Waals surface area contributed by atoms with Crippen LogP contribution in [0.3, 0.4) is 0 Å². The van der Waals surface area contributed by atoms with E-state index in [2.05, 4.69) is 10.1 Å². The molecule has 1 rings (SSSR count). The molecule has 1 aromatic heterocycles. The zero-order valence-electron chi connectivity index (χ0n) is 7.97. The topological polar surface area (TPSA) is 62.4 Å². The molecule has 0 aliphatic rings. The van der Waals surface area contributed by atoms with Crippen molar-refractivity contribution in [2.75, 3.05) is 13.6 Å². The second kappa shape index (κ2) is 4.94. The van der Waals surface area contributed by atoms with Crippen LogP contribution in [0.2, 0.25) is 0 Å². The van der Waals surface area contributed by atoms with Gasteiger partial charge in [0, 0.05) is 6.54 Å². The molecular weight excluding hydrogens is 170 g/mol. The number of hydrogen-bond acceptors (Lipinski definition) is 5. The van der Waals surface area contributed by atoms with E-state index in [1.807, 2.05) is 11.9 Å². The third-order valence-electron chi connectivity index (χ3n) is 1.74. The molecule has 0 spiro atoms. The van der Waals surface area contributed by atoms with Gasteiger partial charge in [0.1, 0.15) is 0 Å². The highest BCUT2D eigenvalue weighted by Gasteiger charge is 2.05. The van der Waals surface area contributed by atoms with Gasteiger partial charge in [0.2, 0.25) is 5.89 Å². The largest absolute Gasteiger partial charge is 0.393 e. The Morgan fingerprint density at radius 2 is 2.46 bits per heavy atom. The van der Waals surface area contributed by atoms with Gasteiger partial charge in [-0.1, -0.05) is 5.16 Å². The first kappa shape index (κ1) is 10.1. The molecule has 1 unspecified atom stereocenters. The van der Waals surface area contributed by atoms with E-state index < -0.39 is 0 Å². The molecule has 1 heterocycles. The van der Waals surface area contributed by atoms with Crippen LogP contribution in [0.25, 0.3) is 0 Å². The average molecular weight is 185 g/mol. The fourth-order valence-electron chi connectivity index (χ4n) is 0.983. The third-order valence-corrected chi connectivity index (χ3v) is 1.74. The first-order valence-corrected chi connectivity index (χ1v) is 4.30. The second-order valence-electron chi connectivity index (χ2n) is 3.21. The van der Waals surface area contributed by atoms with Crippen LogP contribution in [0.1, 0.15) is 19.2 Å². The molecule has 13 heavy (non-hydrogen) atoms. The Labute approximate surface area is 77.4 Å². The summed E-state index contributed by atoms with van der Waals surface area (Å²) < 4.78 is 4.85. The second-order valence-corrected chi connectivity index (χ2v) is 3.21. The summed E-state index contributed by atoms with van der Waals surface area (Å²) in [4.78, 5) is 5.93. The maximum atomic E-state index is 9.05. The van der Waals surface area contributed by atoms with Crippen molar-refractivity contribution in [3.8, 4) is 0 Å². The number of hydrogen-bond donors (Lipinski definition) is 1. The van der Waals surface area contributed by atoms with E-state index >= 15 is 0 Å². The summed E-state index contributed by atoms with van der Waals surface area (Å²) >= 11 is 0. The molecule has 0 aromatic carbocycles. The predicted octanol–water partition coefficient (Wildman–Crippen LogP) is 0.272. The Hall–Kier alpha value is -0.940. The standard InChI is InChI=1S/C8H15N3O2/c1-7(12)3-4-11(2)5-8-9-6-10-13-8/h6-7,12H,3-5H2,1-2H3. The van der Waals surface area contributed by atoms with Gasteiger partial charge in [-0.2, -0.15) is 4.98 Å². The van der Waals surface area contributed by atoms with E-state index in [0.29, 0.717) is 12.4 Å². The molecule has 0 amide bonds. The van der Waals surface area contributed by atoms with Crippen molar-refractivity contribution in [3.05, 3.63) is 12.2 Å². The molecule has 0 saturated heterocycles. The van der Waals surface area contributed by atoms with E-state index in [4.69, 9.17) is 9.63 Å². The van der Waals surface area contributed by atoms with Crippen LogP contribution in [-0.2, 0) is 6.54 Å². The van der Waals surface area contributed by atoms with Crippen LogP contribution in [-0.4, -0.2) is 39.8 Å². The Bertz CT molecular complexity index is 223. The van der Waals surface area contributed by atoms with Crippen LogP contribution in [0, 0.1) is 0 Å². The van der Waals surface area contributed by atoms with Gasteiger partial charge in [-0.3, -0.25) is 4.90 Å². The number of rotatable bonds is 5. The molecule has 5 nitrogen and oxygen atoms in total. The zero-order valence-corrected chi connectivity index (χ0v) is 7.97. The van der Waals surface area contributed by atoms with Crippen molar-refractivity contribution in [1.82, 2.24) is 15.0 Å². The van der Waals surface area contributed by atoms with Gasteiger partial charge in [0.25, 0.3) is 0 Å². The van der Waals surface area contributed by atoms with Crippen LogP contribution in [0.4, 0.5) is 0 Å². The van der Waals surface area contributed by atoms with Crippen molar-refractivity contribution >= 4 is 0 Å². The molecule has 0 radical (unpaired) electrons. The minimum absolute atomic E-state index is 0.259. The summed E-state index contributed by atoms with van der Waals surface area (Å²) in [5, 5.41) is 12.6. The fraction of sp³-hybridized carbons (Fsp3) is 0.750. The lowest BCUT2D eigenvalue weighted by Gasteiger charge is -2.14. The summed E-state index contributed by atoms with van der Waals surface area (Å²) in [6, 6.07) is 0. The van der Waals surface area contributed by atoms with Gasteiger partial charge in [-0.05, 0) is 20.4 Å². The van der Waals surface area contributed by atoms with Gasteiger partial charge in [-0.25, -0.2) is 0 Å². The van der Waals surface area contributed by atoms with E-state index in [-0.39, 0.29) is 6.10 Å². The van der Waals surface area contributed by atoms with Crippen molar-refractivity contribution in [2.45, 2.75) is 26.0 Å². The third kappa shape index (κ3) is 4.00. The summed E-state index contributed by atoms with van der Waals surface area (Å²) in [5.74, 6) is 0.605. The Morgan fingerprint density at radius 1 is 1.69 bits per heavy atom. The maximum Gasteiger partial charge on any atom is 0.240 e. The molecule has 0 bridgehead atoms. The zero-order chi connectivity index (χ0) is 9.68. The lowest BCUT2D eigenvalue weighted by molar-refractivity contribution is 0.158. The fourth-order valence-corrected chi connectivity index (χ4v) is 0.983. The molecule has 74 valence electrons. The van der Waals surface area contributed by atoms with Gasteiger partial charge in [0.15, 0.2) is 6.33 Å². The Kier molecular flexibility index (Phi) is 3.85. The molecule has 0 fully saturated rings. The number of nitrogens with zero attached hydrogens (tertiary/aromatic N) is 3. The lowest BCUT2D eigenvalue weighted by Crippen LogP contribution is -2.22. The minimum Gasteiger partial charge on any atom is -0.393 e. The van der Waals surface area contributed by atoms with Crippen molar-refractivity contribution in [3.63, 3.8) is 0 Å².